The quantitative estimate of drug-likeness (QED) is 0.585. The number of amides is 2. The van der Waals surface area contributed by atoms with Gasteiger partial charge in [0.25, 0.3) is 5.56 Å². The van der Waals surface area contributed by atoms with Crippen LogP contribution < -0.4 is 20.3 Å². The highest BCUT2D eigenvalue weighted by molar-refractivity contribution is 6.30. The van der Waals surface area contributed by atoms with E-state index in [1.165, 1.54) is 0 Å². The fraction of sp³-hybridized carbons (Fsp3) is 0.333. The predicted molar refractivity (Wildman–Crippen MR) is 125 cm³/mol. The second kappa shape index (κ2) is 9.33. The van der Waals surface area contributed by atoms with Crippen LogP contribution in [-0.2, 0) is 11.3 Å². The number of rotatable bonds is 5. The SMILES string of the molecule is O=C(Nc1cccc(Cl)c1)N(Cc1cc2cc3c(cc2[nH]c1=O)OCCO3)C[C@H]1CCCO1. The number of halogens is 1. The van der Waals surface area contributed by atoms with Gasteiger partial charge in [-0.2, -0.15) is 0 Å². The third-order valence-electron chi connectivity index (χ3n) is 5.76. The molecule has 0 radical (unpaired) electrons. The minimum Gasteiger partial charge on any atom is -0.486 e. The Kier molecular flexibility index (Phi) is 6.11. The summed E-state index contributed by atoms with van der Waals surface area (Å²) < 4.78 is 17.0. The van der Waals surface area contributed by atoms with E-state index >= 15 is 0 Å². The van der Waals surface area contributed by atoms with Crippen molar-refractivity contribution in [1.82, 2.24) is 9.88 Å². The molecule has 3 aromatic rings. The largest absolute Gasteiger partial charge is 0.486 e. The number of hydrogen-bond donors (Lipinski definition) is 2. The Labute approximate surface area is 195 Å². The minimum absolute atomic E-state index is 0.0628. The monoisotopic (exact) mass is 469 g/mol. The van der Waals surface area contributed by atoms with Crippen LogP contribution in [0, 0.1) is 0 Å². The van der Waals surface area contributed by atoms with Gasteiger partial charge in [-0.25, -0.2) is 4.79 Å². The van der Waals surface area contributed by atoms with Crippen molar-refractivity contribution in [3.63, 3.8) is 0 Å². The summed E-state index contributed by atoms with van der Waals surface area (Å²) in [4.78, 5) is 30.5. The molecular weight excluding hydrogens is 446 g/mol. The average molecular weight is 470 g/mol. The molecule has 33 heavy (non-hydrogen) atoms. The standard InChI is InChI=1S/C24H24ClN3O5/c25-17-3-1-4-18(11-17)26-24(30)28(14-19-5-2-6-31-19)13-16-9-15-10-21-22(33-8-7-32-21)12-20(15)27-23(16)29/h1,3-4,9-12,19H,2,5-8,13-14H2,(H,26,30)(H,27,29)/t19-/m1/s1. The van der Waals surface area contributed by atoms with E-state index in [2.05, 4.69) is 10.3 Å². The topological polar surface area (TPSA) is 92.9 Å². The number of fused-ring (bicyclic) bond motifs is 2. The average Bonchev–Trinajstić information content (AvgIpc) is 3.31. The fourth-order valence-electron chi connectivity index (χ4n) is 4.13. The van der Waals surface area contributed by atoms with E-state index in [-0.39, 0.29) is 24.2 Å². The van der Waals surface area contributed by atoms with E-state index in [1.54, 1.807) is 41.3 Å². The van der Waals surface area contributed by atoms with Gasteiger partial charge in [0.1, 0.15) is 13.2 Å². The van der Waals surface area contributed by atoms with Gasteiger partial charge in [0.2, 0.25) is 0 Å². The van der Waals surface area contributed by atoms with E-state index < -0.39 is 0 Å². The highest BCUT2D eigenvalue weighted by atomic mass is 35.5. The van der Waals surface area contributed by atoms with Crippen molar-refractivity contribution in [2.75, 3.05) is 31.7 Å². The summed E-state index contributed by atoms with van der Waals surface area (Å²) in [6.45, 7) is 2.14. The van der Waals surface area contributed by atoms with Gasteiger partial charge in [0, 0.05) is 40.9 Å². The fourth-order valence-corrected chi connectivity index (χ4v) is 4.32. The lowest BCUT2D eigenvalue weighted by molar-refractivity contribution is 0.0818. The van der Waals surface area contributed by atoms with Gasteiger partial charge >= 0.3 is 6.03 Å². The molecule has 1 fully saturated rings. The van der Waals surface area contributed by atoms with Gasteiger partial charge < -0.3 is 29.4 Å². The van der Waals surface area contributed by atoms with E-state index in [4.69, 9.17) is 25.8 Å². The summed E-state index contributed by atoms with van der Waals surface area (Å²) in [5, 5.41) is 4.21. The maximum Gasteiger partial charge on any atom is 0.322 e. The highest BCUT2D eigenvalue weighted by Gasteiger charge is 2.24. The Bertz CT molecular complexity index is 1240. The second-order valence-electron chi connectivity index (χ2n) is 8.16. The molecule has 9 heteroatoms. The van der Waals surface area contributed by atoms with Gasteiger partial charge in [-0.05, 0) is 43.2 Å². The molecule has 1 saturated heterocycles. The lowest BCUT2D eigenvalue weighted by atomic mass is 10.1. The van der Waals surface area contributed by atoms with E-state index in [1.807, 2.05) is 6.07 Å². The smallest absolute Gasteiger partial charge is 0.322 e. The summed E-state index contributed by atoms with van der Waals surface area (Å²) >= 11 is 6.05. The Morgan fingerprint density at radius 3 is 2.70 bits per heavy atom. The third-order valence-corrected chi connectivity index (χ3v) is 5.99. The molecule has 0 aliphatic carbocycles. The van der Waals surface area contributed by atoms with E-state index in [9.17, 15) is 9.59 Å². The molecule has 1 atom stereocenters. The maximum absolute atomic E-state index is 13.1. The van der Waals surface area contributed by atoms with Crippen LogP contribution in [0.25, 0.3) is 10.9 Å². The molecule has 0 spiro atoms. The van der Waals surface area contributed by atoms with Crippen molar-refractivity contribution in [1.29, 1.82) is 0 Å². The molecule has 0 saturated carbocycles. The number of aromatic amines is 1. The lowest BCUT2D eigenvalue weighted by Crippen LogP contribution is -2.40. The number of pyridine rings is 1. The summed E-state index contributed by atoms with van der Waals surface area (Å²) in [5.41, 5.74) is 1.45. The molecule has 2 aliphatic heterocycles. The van der Waals surface area contributed by atoms with Crippen LogP contribution in [0.5, 0.6) is 11.5 Å². The molecular formula is C24H24ClN3O5. The zero-order valence-electron chi connectivity index (χ0n) is 17.9. The summed E-state index contributed by atoms with van der Waals surface area (Å²) in [5.74, 6) is 1.25. The number of ether oxygens (including phenoxy) is 3. The van der Waals surface area contributed by atoms with E-state index in [0.717, 1.165) is 18.2 Å². The molecule has 8 nitrogen and oxygen atoms in total. The van der Waals surface area contributed by atoms with Crippen LogP contribution in [0.1, 0.15) is 18.4 Å². The maximum atomic E-state index is 13.1. The molecule has 172 valence electrons. The Hall–Kier alpha value is -3.23. The number of anilines is 1. The van der Waals surface area contributed by atoms with E-state index in [0.29, 0.717) is 59.7 Å². The van der Waals surface area contributed by atoms with Gasteiger partial charge in [-0.15, -0.1) is 0 Å². The Balaban J connectivity index is 1.42. The van der Waals surface area contributed by atoms with Crippen LogP contribution >= 0.6 is 11.6 Å². The van der Waals surface area contributed by atoms with Gasteiger partial charge in [0.05, 0.1) is 18.2 Å². The molecule has 3 heterocycles. The van der Waals surface area contributed by atoms with Crippen LogP contribution in [0.3, 0.4) is 0 Å². The Morgan fingerprint density at radius 2 is 1.94 bits per heavy atom. The van der Waals surface area contributed by atoms with Crippen LogP contribution in [0.2, 0.25) is 5.02 Å². The summed E-state index contributed by atoms with van der Waals surface area (Å²) in [7, 11) is 0. The second-order valence-corrected chi connectivity index (χ2v) is 8.60. The number of benzene rings is 2. The molecule has 1 aromatic heterocycles. The lowest BCUT2D eigenvalue weighted by Gasteiger charge is -2.26. The first kappa shape index (κ1) is 21.6. The number of nitrogens with zero attached hydrogens (tertiary/aromatic N) is 1. The number of H-pyrrole nitrogens is 1. The zero-order valence-corrected chi connectivity index (χ0v) is 18.7. The van der Waals surface area contributed by atoms with Crippen molar-refractivity contribution >= 4 is 34.2 Å². The van der Waals surface area contributed by atoms with Crippen molar-refractivity contribution in [2.45, 2.75) is 25.5 Å². The summed E-state index contributed by atoms with van der Waals surface area (Å²) in [6.07, 6.45) is 1.77. The number of aromatic nitrogens is 1. The molecule has 5 rings (SSSR count). The molecule has 2 amide bonds. The van der Waals surface area contributed by atoms with Crippen molar-refractivity contribution in [2.24, 2.45) is 0 Å². The molecule has 0 bridgehead atoms. The Morgan fingerprint density at radius 1 is 1.12 bits per heavy atom. The zero-order chi connectivity index (χ0) is 22.8. The number of urea groups is 1. The van der Waals surface area contributed by atoms with Crippen LogP contribution in [0.4, 0.5) is 10.5 Å². The molecule has 0 unspecified atom stereocenters. The summed E-state index contributed by atoms with van der Waals surface area (Å²) in [6, 6.07) is 12.0. The predicted octanol–water partition coefficient (Wildman–Crippen LogP) is 4.17. The first-order valence-electron chi connectivity index (χ1n) is 10.9. The molecule has 2 aliphatic rings. The normalized spacial score (nSPS) is 17.2. The van der Waals surface area contributed by atoms with Gasteiger partial charge in [-0.1, -0.05) is 17.7 Å². The number of nitrogens with one attached hydrogen (secondary N) is 2. The first-order valence-corrected chi connectivity index (χ1v) is 11.3. The first-order chi connectivity index (χ1) is 16.0. The third kappa shape index (κ3) is 4.91. The van der Waals surface area contributed by atoms with Crippen molar-refractivity contribution < 1.29 is 19.0 Å². The van der Waals surface area contributed by atoms with Crippen molar-refractivity contribution in [3.05, 3.63) is 63.4 Å². The van der Waals surface area contributed by atoms with Crippen LogP contribution in [-0.4, -0.2) is 48.4 Å². The van der Waals surface area contributed by atoms with Crippen LogP contribution in [0.15, 0.2) is 47.3 Å². The number of carbonyl (C=O) groups is 1. The van der Waals surface area contributed by atoms with Crippen molar-refractivity contribution in [3.8, 4) is 11.5 Å². The highest BCUT2D eigenvalue weighted by Crippen LogP contribution is 2.33. The number of carbonyl (C=O) groups excluding carboxylic acids is 1. The van der Waals surface area contributed by atoms with Gasteiger partial charge in [0.15, 0.2) is 11.5 Å². The number of hydrogen-bond acceptors (Lipinski definition) is 5. The van der Waals surface area contributed by atoms with Gasteiger partial charge in [-0.3, -0.25) is 4.79 Å². The molecule has 2 aromatic carbocycles. The minimum atomic E-state index is -0.325. The molecule has 2 N–H and O–H groups in total.